The Morgan fingerprint density at radius 1 is 1.52 bits per heavy atom. The SMILES string of the molecule is CCC1COC(C)CN1CCC1CCCC1(NC)C(=O)O. The topological polar surface area (TPSA) is 61.8 Å². The molecule has 21 heavy (non-hydrogen) atoms. The molecule has 1 saturated heterocycles. The minimum atomic E-state index is -0.709. The highest BCUT2D eigenvalue weighted by Gasteiger charge is 2.47. The molecule has 0 amide bonds. The predicted octanol–water partition coefficient (Wildman–Crippen LogP) is 1.72. The van der Waals surface area contributed by atoms with Gasteiger partial charge in [-0.1, -0.05) is 13.3 Å². The molecule has 0 spiro atoms. The summed E-state index contributed by atoms with van der Waals surface area (Å²) in [4.78, 5) is 14.2. The van der Waals surface area contributed by atoms with Crippen molar-refractivity contribution >= 4 is 5.97 Å². The van der Waals surface area contributed by atoms with Crippen LogP contribution in [-0.4, -0.2) is 60.4 Å². The first-order chi connectivity index (χ1) is 10.0. The molecule has 0 bridgehead atoms. The van der Waals surface area contributed by atoms with Crippen LogP contribution in [-0.2, 0) is 9.53 Å². The van der Waals surface area contributed by atoms with Crippen LogP contribution in [0.15, 0.2) is 0 Å². The Labute approximate surface area is 128 Å². The van der Waals surface area contributed by atoms with Crippen LogP contribution >= 0.6 is 0 Å². The molecule has 1 heterocycles. The van der Waals surface area contributed by atoms with Gasteiger partial charge in [0.15, 0.2) is 0 Å². The maximum Gasteiger partial charge on any atom is 0.324 e. The van der Waals surface area contributed by atoms with Crippen molar-refractivity contribution in [3.63, 3.8) is 0 Å². The van der Waals surface area contributed by atoms with Crippen molar-refractivity contribution in [2.24, 2.45) is 5.92 Å². The summed E-state index contributed by atoms with van der Waals surface area (Å²) in [7, 11) is 1.79. The first-order valence-corrected chi connectivity index (χ1v) is 8.31. The largest absolute Gasteiger partial charge is 0.480 e. The molecule has 5 nitrogen and oxygen atoms in total. The molecule has 1 saturated carbocycles. The minimum absolute atomic E-state index is 0.232. The summed E-state index contributed by atoms with van der Waals surface area (Å²) < 4.78 is 5.74. The molecule has 2 N–H and O–H groups in total. The third kappa shape index (κ3) is 3.41. The molecule has 0 aromatic heterocycles. The molecule has 0 radical (unpaired) electrons. The van der Waals surface area contributed by atoms with Gasteiger partial charge >= 0.3 is 5.97 Å². The fourth-order valence-electron chi connectivity index (χ4n) is 4.07. The van der Waals surface area contributed by atoms with E-state index in [0.29, 0.717) is 6.04 Å². The highest BCUT2D eigenvalue weighted by Crippen LogP contribution is 2.38. The van der Waals surface area contributed by atoms with Crippen molar-refractivity contribution in [3.8, 4) is 0 Å². The van der Waals surface area contributed by atoms with E-state index in [-0.39, 0.29) is 12.0 Å². The van der Waals surface area contributed by atoms with Gasteiger partial charge in [0.25, 0.3) is 0 Å². The quantitative estimate of drug-likeness (QED) is 0.782. The maximum atomic E-state index is 11.7. The second kappa shape index (κ2) is 7.07. The molecular weight excluding hydrogens is 268 g/mol. The summed E-state index contributed by atoms with van der Waals surface area (Å²) in [6.07, 6.45) is 5.10. The number of nitrogens with one attached hydrogen (secondary N) is 1. The molecule has 122 valence electrons. The Balaban J connectivity index is 1.96. The van der Waals surface area contributed by atoms with E-state index in [4.69, 9.17) is 4.74 Å². The number of carboxylic acids is 1. The number of carboxylic acid groups (broad SMARTS) is 1. The normalized spacial score (nSPS) is 37.8. The Hall–Kier alpha value is -0.650. The van der Waals surface area contributed by atoms with Crippen molar-refractivity contribution in [2.45, 2.75) is 63.6 Å². The summed E-state index contributed by atoms with van der Waals surface area (Å²) in [5.41, 5.74) is -0.709. The molecule has 2 fully saturated rings. The van der Waals surface area contributed by atoms with Crippen LogP contribution in [0.1, 0.15) is 46.0 Å². The van der Waals surface area contributed by atoms with Crippen molar-refractivity contribution in [2.75, 3.05) is 26.7 Å². The first kappa shape index (κ1) is 16.7. The lowest BCUT2D eigenvalue weighted by molar-refractivity contribution is -0.146. The predicted molar refractivity (Wildman–Crippen MR) is 82.5 cm³/mol. The number of nitrogens with zero attached hydrogens (tertiary/aromatic N) is 1. The smallest absolute Gasteiger partial charge is 0.324 e. The fraction of sp³-hybridized carbons (Fsp3) is 0.938. The minimum Gasteiger partial charge on any atom is -0.480 e. The lowest BCUT2D eigenvalue weighted by Crippen LogP contribution is -2.54. The number of hydrogen-bond donors (Lipinski definition) is 2. The van der Waals surface area contributed by atoms with E-state index in [2.05, 4.69) is 24.1 Å². The van der Waals surface area contributed by atoms with Crippen molar-refractivity contribution in [3.05, 3.63) is 0 Å². The van der Waals surface area contributed by atoms with Gasteiger partial charge in [0.05, 0.1) is 12.7 Å². The number of ether oxygens (including phenoxy) is 1. The van der Waals surface area contributed by atoms with Gasteiger partial charge in [-0.3, -0.25) is 9.69 Å². The average Bonchev–Trinajstić information content (AvgIpc) is 2.89. The van der Waals surface area contributed by atoms with E-state index < -0.39 is 11.5 Å². The van der Waals surface area contributed by atoms with Crippen LogP contribution in [0.3, 0.4) is 0 Å². The van der Waals surface area contributed by atoms with Crippen LogP contribution in [0.25, 0.3) is 0 Å². The average molecular weight is 298 g/mol. The van der Waals surface area contributed by atoms with Gasteiger partial charge in [0.2, 0.25) is 0 Å². The fourth-order valence-corrected chi connectivity index (χ4v) is 4.07. The first-order valence-electron chi connectivity index (χ1n) is 8.31. The third-order valence-corrected chi connectivity index (χ3v) is 5.47. The van der Waals surface area contributed by atoms with Crippen molar-refractivity contribution < 1.29 is 14.6 Å². The summed E-state index contributed by atoms with van der Waals surface area (Å²) in [5, 5.41) is 12.7. The molecule has 5 heteroatoms. The van der Waals surface area contributed by atoms with E-state index in [1.54, 1.807) is 7.05 Å². The van der Waals surface area contributed by atoms with Crippen LogP contribution in [0.2, 0.25) is 0 Å². The molecule has 1 aliphatic heterocycles. The van der Waals surface area contributed by atoms with Gasteiger partial charge < -0.3 is 15.2 Å². The Kier molecular flexibility index (Phi) is 5.63. The summed E-state index contributed by atoms with van der Waals surface area (Å²) in [6.45, 7) is 7.06. The lowest BCUT2D eigenvalue weighted by atomic mass is 9.84. The Morgan fingerprint density at radius 3 is 2.90 bits per heavy atom. The van der Waals surface area contributed by atoms with Gasteiger partial charge in [0.1, 0.15) is 5.54 Å². The zero-order chi connectivity index (χ0) is 15.5. The molecule has 4 unspecified atom stereocenters. The van der Waals surface area contributed by atoms with E-state index in [0.717, 1.165) is 51.8 Å². The number of aliphatic carboxylic acids is 1. The maximum absolute atomic E-state index is 11.7. The highest BCUT2D eigenvalue weighted by atomic mass is 16.5. The van der Waals surface area contributed by atoms with Crippen LogP contribution in [0, 0.1) is 5.92 Å². The Bertz CT molecular complexity index is 363. The highest BCUT2D eigenvalue weighted by molar-refractivity contribution is 5.79. The summed E-state index contributed by atoms with van der Waals surface area (Å²) in [6, 6.07) is 0.483. The zero-order valence-corrected chi connectivity index (χ0v) is 13.6. The van der Waals surface area contributed by atoms with Gasteiger partial charge in [-0.25, -0.2) is 0 Å². The number of rotatable bonds is 6. The van der Waals surface area contributed by atoms with Crippen LogP contribution < -0.4 is 5.32 Å². The van der Waals surface area contributed by atoms with Crippen molar-refractivity contribution in [1.29, 1.82) is 0 Å². The van der Waals surface area contributed by atoms with Gasteiger partial charge in [-0.05, 0) is 52.1 Å². The van der Waals surface area contributed by atoms with Crippen LogP contribution in [0.4, 0.5) is 0 Å². The molecular formula is C16H30N2O3. The number of hydrogen-bond acceptors (Lipinski definition) is 4. The van der Waals surface area contributed by atoms with Crippen molar-refractivity contribution in [1.82, 2.24) is 10.2 Å². The van der Waals surface area contributed by atoms with E-state index in [1.807, 2.05) is 0 Å². The molecule has 1 aliphatic carbocycles. The van der Waals surface area contributed by atoms with Gasteiger partial charge in [-0.15, -0.1) is 0 Å². The monoisotopic (exact) mass is 298 g/mol. The van der Waals surface area contributed by atoms with E-state index in [1.165, 1.54) is 0 Å². The number of morpholine rings is 1. The summed E-state index contributed by atoms with van der Waals surface area (Å²) in [5.74, 6) is -0.453. The van der Waals surface area contributed by atoms with Crippen LogP contribution in [0.5, 0.6) is 0 Å². The number of likely N-dealkylation sites (N-methyl/N-ethyl adjacent to an activating group) is 1. The lowest BCUT2D eigenvalue weighted by Gasteiger charge is -2.40. The third-order valence-electron chi connectivity index (χ3n) is 5.47. The zero-order valence-electron chi connectivity index (χ0n) is 13.6. The second-order valence-electron chi connectivity index (χ2n) is 6.61. The molecule has 2 aliphatic rings. The molecule has 2 rings (SSSR count). The molecule has 0 aromatic carbocycles. The molecule has 4 atom stereocenters. The number of carbonyl (C=O) groups is 1. The Morgan fingerprint density at radius 2 is 2.29 bits per heavy atom. The van der Waals surface area contributed by atoms with Gasteiger partial charge in [-0.2, -0.15) is 0 Å². The van der Waals surface area contributed by atoms with E-state index in [9.17, 15) is 9.90 Å². The molecule has 0 aromatic rings. The standard InChI is InChI=1S/C16H30N2O3/c1-4-14-11-21-12(2)10-18(14)9-7-13-6-5-8-16(13,17-3)15(19)20/h12-14,17H,4-11H2,1-3H3,(H,19,20). The van der Waals surface area contributed by atoms with E-state index >= 15 is 0 Å². The summed E-state index contributed by atoms with van der Waals surface area (Å²) >= 11 is 0. The second-order valence-corrected chi connectivity index (χ2v) is 6.61. The van der Waals surface area contributed by atoms with Gasteiger partial charge in [0, 0.05) is 12.6 Å².